The Labute approximate surface area is 118 Å². The van der Waals surface area contributed by atoms with Gasteiger partial charge in [0.2, 0.25) is 0 Å². The Morgan fingerprint density at radius 1 is 1.37 bits per heavy atom. The molecule has 0 aromatic heterocycles. The molecule has 0 saturated heterocycles. The van der Waals surface area contributed by atoms with Gasteiger partial charge in [-0.15, -0.1) is 0 Å². The van der Waals surface area contributed by atoms with E-state index < -0.39 is 12.0 Å². The van der Waals surface area contributed by atoms with Crippen LogP contribution in [0.15, 0.2) is 0 Å². The Hall–Kier alpha value is -0.910. The molecule has 0 aromatic carbocycles. The number of rotatable bonds is 7. The van der Waals surface area contributed by atoms with E-state index in [-0.39, 0.29) is 12.1 Å². The van der Waals surface area contributed by atoms with Crippen LogP contribution in [0.3, 0.4) is 0 Å². The molecule has 0 spiro atoms. The fourth-order valence-corrected chi connectivity index (χ4v) is 3.53. The Balaban J connectivity index is 2.32. The molecule has 1 aliphatic carbocycles. The number of carbonyl (C=O) groups excluding carboxylic acids is 1. The van der Waals surface area contributed by atoms with Gasteiger partial charge in [-0.1, -0.05) is 20.3 Å². The molecule has 1 saturated carbocycles. The first-order valence-corrected chi connectivity index (χ1v) is 8.03. The molecule has 1 fully saturated rings. The Kier molecular flexibility index (Phi) is 7.05. The van der Waals surface area contributed by atoms with Crippen LogP contribution in [0.2, 0.25) is 0 Å². The molecule has 5 nitrogen and oxygen atoms in total. The smallest absolute Gasteiger partial charge is 0.326 e. The van der Waals surface area contributed by atoms with Gasteiger partial charge in [-0.3, -0.25) is 0 Å². The zero-order chi connectivity index (χ0) is 14.3. The van der Waals surface area contributed by atoms with Gasteiger partial charge in [0.25, 0.3) is 0 Å². The molecule has 0 radical (unpaired) electrons. The lowest BCUT2D eigenvalue weighted by molar-refractivity contribution is -0.139. The van der Waals surface area contributed by atoms with Crippen LogP contribution >= 0.6 is 11.8 Å². The maximum absolute atomic E-state index is 11.8. The minimum absolute atomic E-state index is 0.181. The number of carboxylic acids is 1. The lowest BCUT2D eigenvalue weighted by Gasteiger charge is -2.17. The van der Waals surface area contributed by atoms with Crippen LogP contribution < -0.4 is 10.6 Å². The monoisotopic (exact) mass is 288 g/mol. The Morgan fingerprint density at radius 2 is 2.11 bits per heavy atom. The third-order valence-corrected chi connectivity index (χ3v) is 4.54. The van der Waals surface area contributed by atoms with Crippen molar-refractivity contribution in [3.05, 3.63) is 0 Å². The van der Waals surface area contributed by atoms with E-state index in [1.54, 1.807) is 0 Å². The first kappa shape index (κ1) is 16.1. The number of thioether (sulfide) groups is 1. The highest BCUT2D eigenvalue weighted by Crippen LogP contribution is 2.29. The zero-order valence-corrected chi connectivity index (χ0v) is 12.5. The summed E-state index contributed by atoms with van der Waals surface area (Å²) < 4.78 is 0. The van der Waals surface area contributed by atoms with Gasteiger partial charge in [0.1, 0.15) is 6.04 Å². The third kappa shape index (κ3) is 5.72. The Bertz CT molecular complexity index is 312. The number of carbonyl (C=O) groups is 2. The van der Waals surface area contributed by atoms with E-state index in [4.69, 9.17) is 5.11 Å². The van der Waals surface area contributed by atoms with Gasteiger partial charge >= 0.3 is 12.0 Å². The molecule has 3 N–H and O–H groups in total. The van der Waals surface area contributed by atoms with Gasteiger partial charge in [0.15, 0.2) is 0 Å². The van der Waals surface area contributed by atoms with Crippen molar-refractivity contribution in [1.82, 2.24) is 10.6 Å². The van der Waals surface area contributed by atoms with Crippen LogP contribution in [0.25, 0.3) is 0 Å². The molecule has 0 aliphatic heterocycles. The van der Waals surface area contributed by atoms with Gasteiger partial charge in [-0.05, 0) is 31.4 Å². The van der Waals surface area contributed by atoms with Crippen molar-refractivity contribution in [3.63, 3.8) is 0 Å². The van der Waals surface area contributed by atoms with Crippen molar-refractivity contribution >= 4 is 23.8 Å². The number of amides is 2. The van der Waals surface area contributed by atoms with Gasteiger partial charge in [0.05, 0.1) is 0 Å². The van der Waals surface area contributed by atoms with Crippen molar-refractivity contribution in [3.8, 4) is 0 Å². The van der Waals surface area contributed by atoms with Crippen molar-refractivity contribution in [2.45, 2.75) is 63.3 Å². The molecule has 0 heterocycles. The molecule has 2 unspecified atom stereocenters. The van der Waals surface area contributed by atoms with Crippen LogP contribution in [0.1, 0.15) is 46.0 Å². The molecule has 1 rings (SSSR count). The standard InChI is InChI=1S/C13H24N2O3S/c1-3-5-11(12(16)17)15-13(18)14-9-6-7-10(8-9)19-4-2/h9-11H,3-8H2,1-2H3,(H,16,17)(H2,14,15,18)/t9?,10?,11-/m1/s1. The fraction of sp³-hybridized carbons (Fsp3) is 0.846. The summed E-state index contributed by atoms with van der Waals surface area (Å²) in [6.07, 6.45) is 4.28. The quantitative estimate of drug-likeness (QED) is 0.671. The van der Waals surface area contributed by atoms with E-state index in [0.29, 0.717) is 11.7 Å². The Morgan fingerprint density at radius 3 is 2.68 bits per heavy atom. The number of carboxylic acid groups (broad SMARTS) is 1. The van der Waals surface area contributed by atoms with Crippen molar-refractivity contribution in [1.29, 1.82) is 0 Å². The van der Waals surface area contributed by atoms with Gasteiger partial charge in [0, 0.05) is 11.3 Å². The van der Waals surface area contributed by atoms with Gasteiger partial charge in [-0.25, -0.2) is 9.59 Å². The highest BCUT2D eigenvalue weighted by Gasteiger charge is 2.27. The van der Waals surface area contributed by atoms with E-state index in [2.05, 4.69) is 17.6 Å². The maximum Gasteiger partial charge on any atom is 0.326 e. The number of hydrogen-bond acceptors (Lipinski definition) is 3. The van der Waals surface area contributed by atoms with Crippen LogP contribution in [0.4, 0.5) is 4.79 Å². The summed E-state index contributed by atoms with van der Waals surface area (Å²) in [5.41, 5.74) is 0. The highest BCUT2D eigenvalue weighted by molar-refractivity contribution is 7.99. The largest absolute Gasteiger partial charge is 0.480 e. The summed E-state index contributed by atoms with van der Waals surface area (Å²) in [4.78, 5) is 22.7. The van der Waals surface area contributed by atoms with E-state index >= 15 is 0 Å². The normalized spacial score (nSPS) is 23.9. The molecule has 3 atom stereocenters. The molecule has 6 heteroatoms. The first-order chi connectivity index (χ1) is 9.06. The van der Waals surface area contributed by atoms with Crippen LogP contribution in [0, 0.1) is 0 Å². The topological polar surface area (TPSA) is 78.4 Å². The second-order valence-corrected chi connectivity index (χ2v) is 6.46. The molecule has 19 heavy (non-hydrogen) atoms. The molecule has 0 aromatic rings. The fourth-order valence-electron chi connectivity index (χ4n) is 2.39. The van der Waals surface area contributed by atoms with Crippen LogP contribution in [-0.2, 0) is 4.79 Å². The second-order valence-electron chi connectivity index (χ2n) is 4.88. The van der Waals surface area contributed by atoms with Gasteiger partial charge in [-0.2, -0.15) is 11.8 Å². The molecular weight excluding hydrogens is 264 g/mol. The summed E-state index contributed by atoms with van der Waals surface area (Å²) in [6.45, 7) is 4.04. The van der Waals surface area contributed by atoms with Crippen LogP contribution in [-0.4, -0.2) is 40.2 Å². The average molecular weight is 288 g/mol. The lowest BCUT2D eigenvalue weighted by atomic mass is 10.2. The number of hydrogen-bond donors (Lipinski definition) is 3. The minimum atomic E-state index is -0.970. The van der Waals surface area contributed by atoms with Crippen LogP contribution in [0.5, 0.6) is 0 Å². The summed E-state index contributed by atoms with van der Waals surface area (Å²) >= 11 is 1.93. The number of nitrogens with one attached hydrogen (secondary N) is 2. The van der Waals surface area contributed by atoms with E-state index in [1.165, 1.54) is 0 Å². The maximum atomic E-state index is 11.8. The summed E-state index contributed by atoms with van der Waals surface area (Å²) in [5, 5.41) is 15.0. The summed E-state index contributed by atoms with van der Waals surface area (Å²) in [5.74, 6) is 0.129. The number of urea groups is 1. The minimum Gasteiger partial charge on any atom is -0.480 e. The molecule has 1 aliphatic rings. The molecular formula is C13H24N2O3S. The van der Waals surface area contributed by atoms with Crippen molar-refractivity contribution < 1.29 is 14.7 Å². The zero-order valence-electron chi connectivity index (χ0n) is 11.6. The molecule has 110 valence electrons. The molecule has 0 bridgehead atoms. The highest BCUT2D eigenvalue weighted by atomic mass is 32.2. The summed E-state index contributed by atoms with van der Waals surface area (Å²) in [7, 11) is 0. The van der Waals surface area contributed by atoms with Gasteiger partial charge < -0.3 is 15.7 Å². The SMILES string of the molecule is CCC[C@@H](NC(=O)NC1CCC(SCC)C1)C(=O)O. The molecule has 2 amide bonds. The van der Waals surface area contributed by atoms with E-state index in [0.717, 1.165) is 31.4 Å². The first-order valence-electron chi connectivity index (χ1n) is 6.98. The second kappa shape index (κ2) is 8.30. The summed E-state index contributed by atoms with van der Waals surface area (Å²) in [6, 6.07) is -0.958. The average Bonchev–Trinajstić information content (AvgIpc) is 2.76. The third-order valence-electron chi connectivity index (χ3n) is 3.30. The van der Waals surface area contributed by atoms with E-state index in [9.17, 15) is 9.59 Å². The number of aliphatic carboxylic acids is 1. The van der Waals surface area contributed by atoms with Crippen molar-refractivity contribution in [2.75, 3.05) is 5.75 Å². The predicted octanol–water partition coefficient (Wildman–Crippen LogP) is 2.21. The predicted molar refractivity (Wildman–Crippen MR) is 77.6 cm³/mol. The van der Waals surface area contributed by atoms with E-state index in [1.807, 2.05) is 18.7 Å². The lowest BCUT2D eigenvalue weighted by Crippen LogP contribution is -2.48. The van der Waals surface area contributed by atoms with Crippen molar-refractivity contribution in [2.24, 2.45) is 0 Å².